The number of rotatable bonds is 3. The molecule has 5 nitrogen and oxygen atoms in total. The van der Waals surface area contributed by atoms with Crippen LogP contribution in [0.15, 0.2) is 36.4 Å². The number of fused-ring (bicyclic) bond motifs is 1. The molecule has 2 aliphatic rings. The largest absolute Gasteiger partial charge is 0.377 e. The van der Waals surface area contributed by atoms with Gasteiger partial charge in [0, 0.05) is 18.8 Å². The van der Waals surface area contributed by atoms with Crippen molar-refractivity contribution in [3.05, 3.63) is 47.5 Å². The molecule has 2 aromatic carbocycles. The molecule has 0 aliphatic carbocycles. The van der Waals surface area contributed by atoms with E-state index in [4.69, 9.17) is 0 Å². The molecule has 25 heavy (non-hydrogen) atoms. The van der Waals surface area contributed by atoms with Crippen LogP contribution in [0.3, 0.4) is 0 Å². The molecule has 2 aliphatic heterocycles. The lowest BCUT2D eigenvalue weighted by molar-refractivity contribution is -0.629. The minimum Gasteiger partial charge on any atom is -0.371 e. The molecule has 0 spiro atoms. The van der Waals surface area contributed by atoms with Crippen molar-refractivity contribution in [3.8, 4) is 0 Å². The van der Waals surface area contributed by atoms with Gasteiger partial charge < -0.3 is 4.90 Å². The average molecular weight is 334 g/mol. The van der Waals surface area contributed by atoms with Crippen LogP contribution in [-0.4, -0.2) is 18.1 Å². The van der Waals surface area contributed by atoms with Crippen LogP contribution in [0, 0.1) is 0 Å². The first-order chi connectivity index (χ1) is 12.3. The van der Waals surface area contributed by atoms with Crippen molar-refractivity contribution in [1.82, 2.24) is 4.98 Å². The van der Waals surface area contributed by atoms with Crippen LogP contribution in [0.25, 0.3) is 11.0 Å². The van der Waals surface area contributed by atoms with Crippen LogP contribution in [-0.2, 0) is 19.9 Å². The maximum Gasteiger partial charge on any atom is 0.377 e. The highest BCUT2D eigenvalue weighted by molar-refractivity contribution is 5.73. The SMILES string of the molecule is C[n+]1c(NNc2cc3c4c(c2)CCCN4CCC3)[nH]c2ccccc21. The number of hydrazine groups is 1. The molecule has 128 valence electrons. The van der Waals surface area contributed by atoms with Crippen LogP contribution < -0.4 is 20.3 Å². The van der Waals surface area contributed by atoms with Crippen LogP contribution in [0.2, 0.25) is 0 Å². The highest BCUT2D eigenvalue weighted by Crippen LogP contribution is 2.37. The zero-order valence-corrected chi connectivity index (χ0v) is 14.6. The molecule has 0 unspecified atom stereocenters. The highest BCUT2D eigenvalue weighted by atomic mass is 15.4. The number of benzene rings is 2. The number of imidazole rings is 1. The fourth-order valence-electron chi connectivity index (χ4n) is 4.33. The van der Waals surface area contributed by atoms with Crippen molar-refractivity contribution in [2.75, 3.05) is 28.8 Å². The molecular formula is C20H24N5+. The molecule has 0 amide bonds. The first kappa shape index (κ1) is 14.6. The standard InChI is InChI=1S/C20H23N5/c1-24-18-9-3-2-8-17(18)21-20(24)23-22-16-12-14-6-4-10-25-11-5-7-15(13-16)19(14)25/h2-3,8-9,12-13,22H,4-7,10-11H2,1H3,(H,21,23)/p+1. The lowest BCUT2D eigenvalue weighted by Gasteiger charge is -2.37. The zero-order valence-electron chi connectivity index (χ0n) is 14.6. The van der Waals surface area contributed by atoms with Crippen LogP contribution in [0.4, 0.5) is 17.3 Å². The van der Waals surface area contributed by atoms with Crippen LogP contribution >= 0.6 is 0 Å². The Bertz CT molecular complexity index is 911. The Morgan fingerprint density at radius 2 is 1.72 bits per heavy atom. The number of aryl methyl sites for hydroxylation is 3. The van der Waals surface area contributed by atoms with Crippen molar-refractivity contribution in [2.45, 2.75) is 25.7 Å². The van der Waals surface area contributed by atoms with E-state index in [1.54, 1.807) is 0 Å². The first-order valence-corrected chi connectivity index (χ1v) is 9.19. The Kier molecular flexibility index (Phi) is 3.33. The third-order valence-corrected chi connectivity index (χ3v) is 5.51. The molecular weight excluding hydrogens is 310 g/mol. The van der Waals surface area contributed by atoms with Gasteiger partial charge in [0.1, 0.15) is 11.0 Å². The molecule has 1 aromatic heterocycles. The molecule has 0 saturated carbocycles. The van der Waals surface area contributed by atoms with E-state index < -0.39 is 0 Å². The van der Waals surface area contributed by atoms with E-state index in [1.165, 1.54) is 61.1 Å². The summed E-state index contributed by atoms with van der Waals surface area (Å²) in [7, 11) is 2.07. The van der Waals surface area contributed by atoms with E-state index in [1.807, 2.05) is 0 Å². The minimum atomic E-state index is 0.953. The van der Waals surface area contributed by atoms with Gasteiger partial charge in [0.2, 0.25) is 0 Å². The molecule has 0 saturated heterocycles. The molecule has 5 heteroatoms. The average Bonchev–Trinajstić information content (AvgIpc) is 2.97. The van der Waals surface area contributed by atoms with Gasteiger partial charge in [0.05, 0.1) is 12.7 Å². The number of hydrogen-bond acceptors (Lipinski definition) is 3. The van der Waals surface area contributed by atoms with Gasteiger partial charge in [-0.2, -0.15) is 5.43 Å². The molecule has 0 radical (unpaired) electrons. The third-order valence-electron chi connectivity index (χ3n) is 5.51. The third kappa shape index (κ3) is 2.42. The lowest BCUT2D eigenvalue weighted by Crippen LogP contribution is -2.35. The summed E-state index contributed by atoms with van der Waals surface area (Å²) in [6.45, 7) is 2.44. The molecule has 3 N–H and O–H groups in total. The number of H-pyrrole nitrogens is 1. The number of para-hydroxylation sites is 2. The summed E-state index contributed by atoms with van der Waals surface area (Å²) in [5.41, 5.74) is 14.7. The number of aromatic amines is 1. The monoisotopic (exact) mass is 334 g/mol. The van der Waals surface area contributed by atoms with Gasteiger partial charge in [-0.25, -0.2) is 9.55 Å². The summed E-state index contributed by atoms with van der Waals surface area (Å²) in [6.07, 6.45) is 4.91. The maximum atomic E-state index is 3.42. The Morgan fingerprint density at radius 3 is 2.44 bits per heavy atom. The molecule has 5 rings (SSSR count). The Hall–Kier alpha value is -2.69. The zero-order chi connectivity index (χ0) is 16.8. The van der Waals surface area contributed by atoms with Gasteiger partial charge in [-0.15, -0.1) is 0 Å². The van der Waals surface area contributed by atoms with E-state index in [-0.39, 0.29) is 0 Å². The fraction of sp³-hybridized carbons (Fsp3) is 0.350. The second kappa shape index (κ2) is 5.69. The van der Waals surface area contributed by atoms with Crippen molar-refractivity contribution in [3.63, 3.8) is 0 Å². The first-order valence-electron chi connectivity index (χ1n) is 9.19. The summed E-state index contributed by atoms with van der Waals surface area (Å²) in [4.78, 5) is 6.00. The molecule has 3 aromatic rings. The quantitative estimate of drug-likeness (QED) is 0.509. The van der Waals surface area contributed by atoms with E-state index in [2.05, 4.69) is 68.7 Å². The normalized spacial score (nSPS) is 16.0. The minimum absolute atomic E-state index is 0.953. The predicted molar refractivity (Wildman–Crippen MR) is 102 cm³/mol. The number of anilines is 3. The van der Waals surface area contributed by atoms with Crippen molar-refractivity contribution >= 4 is 28.4 Å². The lowest BCUT2D eigenvalue weighted by atomic mass is 9.91. The summed E-state index contributed by atoms with van der Waals surface area (Å²) < 4.78 is 2.13. The molecule has 0 bridgehead atoms. The number of hydrogen-bond donors (Lipinski definition) is 3. The van der Waals surface area contributed by atoms with E-state index in [0.717, 1.165) is 17.2 Å². The van der Waals surface area contributed by atoms with Crippen LogP contribution in [0.5, 0.6) is 0 Å². The van der Waals surface area contributed by atoms with Crippen molar-refractivity contribution < 1.29 is 4.57 Å². The highest BCUT2D eigenvalue weighted by Gasteiger charge is 2.24. The molecule has 0 atom stereocenters. The van der Waals surface area contributed by atoms with E-state index in [9.17, 15) is 0 Å². The van der Waals surface area contributed by atoms with E-state index in [0.29, 0.717) is 0 Å². The Morgan fingerprint density at radius 1 is 1.00 bits per heavy atom. The second-order valence-corrected chi connectivity index (χ2v) is 7.14. The summed E-state index contributed by atoms with van der Waals surface area (Å²) in [5.74, 6) is 0.953. The van der Waals surface area contributed by atoms with Crippen LogP contribution in [0.1, 0.15) is 24.0 Å². The fourth-order valence-corrected chi connectivity index (χ4v) is 4.33. The van der Waals surface area contributed by atoms with Gasteiger partial charge in [-0.1, -0.05) is 12.1 Å². The van der Waals surface area contributed by atoms with Gasteiger partial charge >= 0.3 is 5.95 Å². The maximum absolute atomic E-state index is 3.42. The summed E-state index contributed by atoms with van der Waals surface area (Å²) in [6, 6.07) is 13.0. The van der Waals surface area contributed by atoms with Gasteiger partial charge in [-0.3, -0.25) is 5.43 Å². The Balaban J connectivity index is 1.43. The second-order valence-electron chi connectivity index (χ2n) is 7.14. The summed E-state index contributed by atoms with van der Waals surface area (Å²) >= 11 is 0. The smallest absolute Gasteiger partial charge is 0.371 e. The topological polar surface area (TPSA) is 47.0 Å². The van der Waals surface area contributed by atoms with Gasteiger partial charge in [0.25, 0.3) is 0 Å². The molecule has 3 heterocycles. The van der Waals surface area contributed by atoms with Gasteiger partial charge in [0.15, 0.2) is 0 Å². The predicted octanol–water partition coefficient (Wildman–Crippen LogP) is 3.13. The van der Waals surface area contributed by atoms with E-state index >= 15 is 0 Å². The number of nitrogens with one attached hydrogen (secondary N) is 3. The van der Waals surface area contributed by atoms with Gasteiger partial charge in [-0.05, 0) is 61.1 Å². The number of aromatic nitrogens is 2. The number of nitrogens with zero attached hydrogens (tertiary/aromatic N) is 2. The summed E-state index contributed by atoms with van der Waals surface area (Å²) in [5, 5.41) is 0. The van der Waals surface area contributed by atoms with Crippen molar-refractivity contribution in [1.29, 1.82) is 0 Å². The Labute approximate surface area is 147 Å². The molecule has 0 fully saturated rings. The van der Waals surface area contributed by atoms with Crippen molar-refractivity contribution in [2.24, 2.45) is 7.05 Å².